The van der Waals surface area contributed by atoms with Gasteiger partial charge in [0.15, 0.2) is 5.82 Å². The minimum atomic E-state index is -0.127. The molecule has 92 valence electrons. The van der Waals surface area contributed by atoms with Crippen molar-refractivity contribution < 1.29 is 5.11 Å². The molecule has 0 atom stereocenters. The summed E-state index contributed by atoms with van der Waals surface area (Å²) in [5, 5.41) is 17.3. The van der Waals surface area contributed by atoms with E-state index in [1.807, 2.05) is 4.68 Å². The number of hydrogen-bond acceptors (Lipinski definition) is 5. The minimum Gasteiger partial charge on any atom is -0.388 e. The Bertz CT molecular complexity index is 475. The molecule has 0 aliphatic carbocycles. The van der Waals surface area contributed by atoms with E-state index >= 15 is 0 Å². The normalized spacial score (nSPS) is 11.3. The van der Waals surface area contributed by atoms with Crippen LogP contribution in [0, 0.1) is 5.92 Å². The molecule has 17 heavy (non-hydrogen) atoms. The van der Waals surface area contributed by atoms with Crippen LogP contribution in [0.4, 0.5) is 0 Å². The molecule has 2 rings (SSSR count). The van der Waals surface area contributed by atoms with Crippen molar-refractivity contribution in [3.05, 3.63) is 24.3 Å². The molecule has 7 nitrogen and oxygen atoms in total. The summed E-state index contributed by atoms with van der Waals surface area (Å²) in [7, 11) is 0. The first-order valence-corrected chi connectivity index (χ1v) is 5.55. The van der Waals surface area contributed by atoms with Crippen LogP contribution in [0.2, 0.25) is 0 Å². The molecule has 0 bridgehead atoms. The van der Waals surface area contributed by atoms with Crippen molar-refractivity contribution >= 4 is 0 Å². The highest BCUT2D eigenvalue weighted by Gasteiger charge is 2.10. The predicted octanol–water partition coefficient (Wildman–Crippen LogP) is 0.0662. The number of nitrogens with zero attached hydrogens (tertiary/aromatic N) is 6. The van der Waals surface area contributed by atoms with Crippen LogP contribution in [-0.4, -0.2) is 34.6 Å². The van der Waals surface area contributed by atoms with E-state index in [2.05, 4.69) is 34.0 Å². The predicted molar refractivity (Wildman–Crippen MR) is 59.9 cm³/mol. The largest absolute Gasteiger partial charge is 0.388 e. The highest BCUT2D eigenvalue weighted by Crippen LogP contribution is 2.04. The maximum atomic E-state index is 9.08. The van der Waals surface area contributed by atoms with Gasteiger partial charge in [-0.2, -0.15) is 10.2 Å². The summed E-state index contributed by atoms with van der Waals surface area (Å²) in [4.78, 5) is 8.15. The standard InChI is InChI=1S/C10H16N6O/c1-8(2)3-15-9(11-6-13-15)4-16-10(5-17)12-7-14-16/h6-8,17H,3-5H2,1-2H3. The maximum Gasteiger partial charge on any atom is 0.153 e. The van der Waals surface area contributed by atoms with E-state index < -0.39 is 0 Å². The highest BCUT2D eigenvalue weighted by molar-refractivity contribution is 4.90. The maximum absolute atomic E-state index is 9.08. The molecule has 1 N–H and O–H groups in total. The Hall–Kier alpha value is -1.76. The lowest BCUT2D eigenvalue weighted by Gasteiger charge is -2.09. The van der Waals surface area contributed by atoms with E-state index in [1.54, 1.807) is 4.68 Å². The molecule has 2 heterocycles. The second-order valence-electron chi connectivity index (χ2n) is 4.24. The van der Waals surface area contributed by atoms with Crippen LogP contribution in [0.25, 0.3) is 0 Å². The SMILES string of the molecule is CC(C)Cn1ncnc1Cn1ncnc1CO. The van der Waals surface area contributed by atoms with Gasteiger partial charge in [0.2, 0.25) is 0 Å². The van der Waals surface area contributed by atoms with Crippen molar-refractivity contribution in [2.24, 2.45) is 5.92 Å². The smallest absolute Gasteiger partial charge is 0.153 e. The van der Waals surface area contributed by atoms with Gasteiger partial charge in [0.25, 0.3) is 0 Å². The minimum absolute atomic E-state index is 0.127. The van der Waals surface area contributed by atoms with Crippen molar-refractivity contribution in [3.63, 3.8) is 0 Å². The molecular formula is C10H16N6O. The summed E-state index contributed by atoms with van der Waals surface area (Å²) < 4.78 is 3.48. The van der Waals surface area contributed by atoms with Gasteiger partial charge in [0, 0.05) is 6.54 Å². The van der Waals surface area contributed by atoms with Gasteiger partial charge in [-0.15, -0.1) is 0 Å². The van der Waals surface area contributed by atoms with Crippen LogP contribution in [0.3, 0.4) is 0 Å². The Morgan fingerprint density at radius 1 is 1.12 bits per heavy atom. The summed E-state index contributed by atoms with van der Waals surface area (Å²) in [6.07, 6.45) is 2.96. The van der Waals surface area contributed by atoms with Crippen molar-refractivity contribution in [2.45, 2.75) is 33.5 Å². The summed E-state index contributed by atoms with van der Waals surface area (Å²) in [5.41, 5.74) is 0. The first kappa shape index (κ1) is 11.7. The fourth-order valence-electron chi connectivity index (χ4n) is 1.59. The monoisotopic (exact) mass is 236 g/mol. The van der Waals surface area contributed by atoms with E-state index in [9.17, 15) is 0 Å². The van der Waals surface area contributed by atoms with Crippen molar-refractivity contribution in [1.29, 1.82) is 0 Å². The molecule has 2 aromatic heterocycles. The van der Waals surface area contributed by atoms with E-state index in [0.29, 0.717) is 18.3 Å². The number of rotatable bonds is 5. The molecule has 0 aliphatic heterocycles. The van der Waals surface area contributed by atoms with Gasteiger partial charge in [-0.05, 0) is 5.92 Å². The second-order valence-corrected chi connectivity index (χ2v) is 4.24. The quantitative estimate of drug-likeness (QED) is 0.794. The molecule has 0 fully saturated rings. The zero-order valence-electron chi connectivity index (χ0n) is 9.98. The molecule has 0 amide bonds. The Morgan fingerprint density at radius 2 is 1.76 bits per heavy atom. The van der Waals surface area contributed by atoms with Gasteiger partial charge in [0.05, 0.1) is 0 Å². The summed E-state index contributed by atoms with van der Waals surface area (Å²) in [6, 6.07) is 0. The van der Waals surface area contributed by atoms with Gasteiger partial charge < -0.3 is 5.11 Å². The molecular weight excluding hydrogens is 220 g/mol. The van der Waals surface area contributed by atoms with Crippen LogP contribution < -0.4 is 0 Å². The van der Waals surface area contributed by atoms with Crippen molar-refractivity contribution in [1.82, 2.24) is 29.5 Å². The zero-order chi connectivity index (χ0) is 12.3. The van der Waals surface area contributed by atoms with Crippen molar-refractivity contribution in [3.8, 4) is 0 Å². The van der Waals surface area contributed by atoms with Crippen molar-refractivity contribution in [2.75, 3.05) is 0 Å². The first-order chi connectivity index (χ1) is 8.20. The summed E-state index contributed by atoms with van der Waals surface area (Å²) >= 11 is 0. The molecule has 0 radical (unpaired) electrons. The summed E-state index contributed by atoms with van der Waals surface area (Å²) in [6.45, 7) is 5.42. The molecule has 0 aromatic carbocycles. The Morgan fingerprint density at radius 3 is 2.41 bits per heavy atom. The van der Waals surface area contributed by atoms with E-state index in [0.717, 1.165) is 12.4 Å². The number of aliphatic hydroxyl groups excluding tert-OH is 1. The fourth-order valence-corrected chi connectivity index (χ4v) is 1.59. The zero-order valence-corrected chi connectivity index (χ0v) is 9.98. The average Bonchev–Trinajstić information content (AvgIpc) is 2.88. The van der Waals surface area contributed by atoms with E-state index in [1.165, 1.54) is 12.7 Å². The molecule has 0 saturated carbocycles. The van der Waals surface area contributed by atoms with Gasteiger partial charge >= 0.3 is 0 Å². The van der Waals surface area contributed by atoms with Crippen LogP contribution in [0.15, 0.2) is 12.7 Å². The van der Waals surface area contributed by atoms with Gasteiger partial charge in [-0.3, -0.25) is 0 Å². The van der Waals surface area contributed by atoms with Crippen LogP contribution in [-0.2, 0) is 19.7 Å². The summed E-state index contributed by atoms with van der Waals surface area (Å²) in [5.74, 6) is 1.85. The van der Waals surface area contributed by atoms with E-state index in [4.69, 9.17) is 5.11 Å². The molecule has 0 spiro atoms. The Labute approximate surface area is 99.1 Å². The lowest BCUT2D eigenvalue weighted by molar-refractivity contribution is 0.263. The third-order valence-corrected chi connectivity index (χ3v) is 2.36. The lowest BCUT2D eigenvalue weighted by atomic mass is 10.2. The number of hydrogen-bond donors (Lipinski definition) is 1. The van der Waals surface area contributed by atoms with Crippen LogP contribution in [0.5, 0.6) is 0 Å². The Kier molecular flexibility index (Phi) is 3.48. The van der Waals surface area contributed by atoms with E-state index in [-0.39, 0.29) is 6.61 Å². The first-order valence-electron chi connectivity index (χ1n) is 5.55. The number of aliphatic hydroxyl groups is 1. The third-order valence-electron chi connectivity index (χ3n) is 2.36. The topological polar surface area (TPSA) is 81.7 Å². The third kappa shape index (κ3) is 2.68. The Balaban J connectivity index is 2.16. The van der Waals surface area contributed by atoms with Gasteiger partial charge in [-0.25, -0.2) is 19.3 Å². The average molecular weight is 236 g/mol. The molecule has 0 aliphatic rings. The molecule has 7 heteroatoms. The molecule has 0 unspecified atom stereocenters. The van der Waals surface area contributed by atoms with Crippen LogP contribution >= 0.6 is 0 Å². The lowest BCUT2D eigenvalue weighted by Crippen LogP contribution is -2.15. The second kappa shape index (κ2) is 5.05. The highest BCUT2D eigenvalue weighted by atomic mass is 16.3. The number of aromatic nitrogens is 6. The molecule has 2 aromatic rings. The fraction of sp³-hybridized carbons (Fsp3) is 0.600. The van der Waals surface area contributed by atoms with Gasteiger partial charge in [-0.1, -0.05) is 13.8 Å². The van der Waals surface area contributed by atoms with Gasteiger partial charge in [0.1, 0.15) is 31.6 Å². The van der Waals surface area contributed by atoms with Crippen LogP contribution in [0.1, 0.15) is 25.5 Å². The molecule has 0 saturated heterocycles.